The third-order valence-electron chi connectivity index (χ3n) is 4.58. The van der Waals surface area contributed by atoms with Crippen LogP contribution in [0.4, 0.5) is 0 Å². The van der Waals surface area contributed by atoms with Gasteiger partial charge in [0.2, 0.25) is 0 Å². The highest BCUT2D eigenvalue weighted by Crippen LogP contribution is 2.48. The zero-order valence-electron chi connectivity index (χ0n) is 9.37. The van der Waals surface area contributed by atoms with Gasteiger partial charge in [-0.25, -0.2) is 0 Å². The Bertz CT molecular complexity index is 240. The second-order valence-corrected chi connectivity index (χ2v) is 5.64. The lowest BCUT2D eigenvalue weighted by molar-refractivity contribution is 0.0923. The fourth-order valence-electron chi connectivity index (χ4n) is 3.70. The number of hydrogen-bond donors (Lipinski definition) is 2. The number of nitrogens with two attached hydrogens (primary N) is 1. The maximum atomic E-state index is 6.46. The van der Waals surface area contributed by atoms with Gasteiger partial charge in [0.05, 0.1) is 11.8 Å². The second kappa shape index (κ2) is 3.72. The van der Waals surface area contributed by atoms with E-state index in [1.165, 1.54) is 38.5 Å². The average Bonchev–Trinajstić information content (AvgIpc) is 2.90. The summed E-state index contributed by atoms with van der Waals surface area (Å²) in [6.07, 6.45) is 8.13. The van der Waals surface area contributed by atoms with Gasteiger partial charge in [0.25, 0.3) is 0 Å². The van der Waals surface area contributed by atoms with Crippen LogP contribution in [0.1, 0.15) is 38.5 Å². The van der Waals surface area contributed by atoms with Gasteiger partial charge >= 0.3 is 0 Å². The third-order valence-corrected chi connectivity index (χ3v) is 4.58. The van der Waals surface area contributed by atoms with Crippen molar-refractivity contribution < 1.29 is 4.74 Å². The first kappa shape index (κ1) is 10.1. The van der Waals surface area contributed by atoms with Crippen molar-refractivity contribution in [2.45, 2.75) is 50.3 Å². The Labute approximate surface area is 91.7 Å². The van der Waals surface area contributed by atoms with Crippen LogP contribution >= 0.6 is 0 Å². The van der Waals surface area contributed by atoms with E-state index in [-0.39, 0.29) is 5.66 Å². The molecule has 0 spiro atoms. The van der Waals surface area contributed by atoms with Crippen molar-refractivity contribution in [2.24, 2.45) is 17.6 Å². The van der Waals surface area contributed by atoms with Crippen LogP contribution in [-0.4, -0.2) is 24.9 Å². The van der Waals surface area contributed by atoms with Gasteiger partial charge in [-0.1, -0.05) is 0 Å². The topological polar surface area (TPSA) is 47.3 Å². The monoisotopic (exact) mass is 210 g/mol. The molecule has 2 bridgehead atoms. The van der Waals surface area contributed by atoms with Crippen molar-refractivity contribution in [3.05, 3.63) is 0 Å². The summed E-state index contributed by atoms with van der Waals surface area (Å²) in [6, 6.07) is 0. The van der Waals surface area contributed by atoms with E-state index < -0.39 is 0 Å². The molecule has 0 aromatic rings. The molecule has 4 atom stereocenters. The number of fused-ring (bicyclic) bond motifs is 2. The molecule has 2 saturated carbocycles. The highest BCUT2D eigenvalue weighted by atomic mass is 16.5. The first-order valence-electron chi connectivity index (χ1n) is 6.42. The molecule has 3 rings (SSSR count). The van der Waals surface area contributed by atoms with Crippen LogP contribution in [0.25, 0.3) is 0 Å². The number of hydrogen-bond acceptors (Lipinski definition) is 3. The molecule has 1 aliphatic heterocycles. The Morgan fingerprint density at radius 1 is 1.33 bits per heavy atom. The third kappa shape index (κ3) is 1.81. The Hall–Kier alpha value is -0.120. The molecule has 4 unspecified atom stereocenters. The lowest BCUT2D eigenvalue weighted by Gasteiger charge is -2.35. The number of nitrogens with one attached hydrogen (secondary N) is 1. The molecule has 86 valence electrons. The Balaban J connectivity index is 1.53. The fraction of sp³-hybridized carbons (Fsp3) is 1.00. The molecule has 2 aliphatic carbocycles. The predicted octanol–water partition coefficient (Wildman–Crippen LogP) is 1.23. The molecular formula is C12H22N2O. The van der Waals surface area contributed by atoms with Crippen molar-refractivity contribution in [1.82, 2.24) is 5.32 Å². The van der Waals surface area contributed by atoms with E-state index in [4.69, 9.17) is 10.5 Å². The van der Waals surface area contributed by atoms with Gasteiger partial charge in [0.15, 0.2) is 0 Å². The SMILES string of the molecule is NC1(NCC2CCCO2)CC2CCC1C2. The van der Waals surface area contributed by atoms with Crippen molar-refractivity contribution in [3.8, 4) is 0 Å². The predicted molar refractivity (Wildman–Crippen MR) is 59.3 cm³/mol. The Morgan fingerprint density at radius 3 is 2.87 bits per heavy atom. The molecule has 3 nitrogen and oxygen atoms in total. The summed E-state index contributed by atoms with van der Waals surface area (Å²) in [4.78, 5) is 0. The van der Waals surface area contributed by atoms with Crippen LogP contribution in [0.5, 0.6) is 0 Å². The zero-order chi connectivity index (χ0) is 10.3. The Morgan fingerprint density at radius 2 is 2.27 bits per heavy atom. The van der Waals surface area contributed by atoms with Gasteiger partial charge in [-0.05, 0) is 50.4 Å². The maximum Gasteiger partial charge on any atom is 0.0700 e. The van der Waals surface area contributed by atoms with Gasteiger partial charge in [-0.3, -0.25) is 5.32 Å². The summed E-state index contributed by atoms with van der Waals surface area (Å²) in [6.45, 7) is 1.90. The van der Waals surface area contributed by atoms with Crippen LogP contribution in [-0.2, 0) is 4.74 Å². The van der Waals surface area contributed by atoms with Gasteiger partial charge in [-0.2, -0.15) is 0 Å². The van der Waals surface area contributed by atoms with Crippen molar-refractivity contribution in [3.63, 3.8) is 0 Å². The molecule has 15 heavy (non-hydrogen) atoms. The van der Waals surface area contributed by atoms with Gasteiger partial charge in [0, 0.05) is 13.2 Å². The van der Waals surface area contributed by atoms with Crippen LogP contribution in [0.3, 0.4) is 0 Å². The van der Waals surface area contributed by atoms with Gasteiger partial charge in [-0.15, -0.1) is 0 Å². The molecule has 3 heteroatoms. The van der Waals surface area contributed by atoms with E-state index in [0.717, 1.165) is 25.0 Å². The molecule has 0 amide bonds. The lowest BCUT2D eigenvalue weighted by Crippen LogP contribution is -2.58. The number of rotatable bonds is 3. The van der Waals surface area contributed by atoms with Crippen molar-refractivity contribution in [2.75, 3.05) is 13.2 Å². The normalized spacial score (nSPS) is 49.0. The molecule has 3 fully saturated rings. The van der Waals surface area contributed by atoms with E-state index >= 15 is 0 Å². The lowest BCUT2D eigenvalue weighted by atomic mass is 9.89. The summed E-state index contributed by atoms with van der Waals surface area (Å²) in [5.74, 6) is 1.63. The molecular weight excluding hydrogens is 188 g/mol. The van der Waals surface area contributed by atoms with Crippen molar-refractivity contribution in [1.29, 1.82) is 0 Å². The highest BCUT2D eigenvalue weighted by molar-refractivity contribution is 5.02. The average molecular weight is 210 g/mol. The second-order valence-electron chi connectivity index (χ2n) is 5.64. The van der Waals surface area contributed by atoms with E-state index in [9.17, 15) is 0 Å². The molecule has 1 saturated heterocycles. The van der Waals surface area contributed by atoms with E-state index in [1.54, 1.807) is 0 Å². The molecule has 0 aromatic carbocycles. The van der Waals surface area contributed by atoms with Gasteiger partial charge < -0.3 is 10.5 Å². The van der Waals surface area contributed by atoms with Crippen molar-refractivity contribution >= 4 is 0 Å². The summed E-state index contributed by atoms with van der Waals surface area (Å²) in [7, 11) is 0. The minimum absolute atomic E-state index is 0.0606. The molecule has 1 heterocycles. The summed E-state index contributed by atoms with van der Waals surface area (Å²) >= 11 is 0. The van der Waals surface area contributed by atoms with Crippen LogP contribution in [0.2, 0.25) is 0 Å². The van der Waals surface area contributed by atoms with Gasteiger partial charge in [0.1, 0.15) is 0 Å². The fourth-order valence-corrected chi connectivity index (χ4v) is 3.70. The van der Waals surface area contributed by atoms with Crippen LogP contribution in [0, 0.1) is 11.8 Å². The first-order chi connectivity index (χ1) is 7.26. The minimum Gasteiger partial charge on any atom is -0.377 e. The van der Waals surface area contributed by atoms with E-state index in [0.29, 0.717) is 6.10 Å². The van der Waals surface area contributed by atoms with Crippen LogP contribution in [0.15, 0.2) is 0 Å². The quantitative estimate of drug-likeness (QED) is 0.689. The zero-order valence-corrected chi connectivity index (χ0v) is 9.37. The smallest absolute Gasteiger partial charge is 0.0700 e. The molecule has 3 N–H and O–H groups in total. The summed E-state index contributed by atoms with van der Waals surface area (Å²) in [5.41, 5.74) is 6.40. The molecule has 0 radical (unpaired) electrons. The summed E-state index contributed by atoms with van der Waals surface area (Å²) < 4.78 is 5.62. The highest BCUT2D eigenvalue weighted by Gasteiger charge is 2.48. The molecule has 0 aromatic heterocycles. The Kier molecular flexibility index (Phi) is 2.49. The maximum absolute atomic E-state index is 6.46. The number of ether oxygens (including phenoxy) is 1. The first-order valence-corrected chi connectivity index (χ1v) is 6.42. The van der Waals surface area contributed by atoms with E-state index in [2.05, 4.69) is 5.32 Å². The molecule has 3 aliphatic rings. The van der Waals surface area contributed by atoms with Crippen LogP contribution < -0.4 is 11.1 Å². The summed E-state index contributed by atoms with van der Waals surface area (Å²) in [5, 5.41) is 3.58. The van der Waals surface area contributed by atoms with E-state index in [1.807, 2.05) is 0 Å². The standard InChI is InChI=1S/C12H22N2O/c13-12(7-9-3-4-10(12)6-9)14-8-11-2-1-5-15-11/h9-11,14H,1-8,13H2. The largest absolute Gasteiger partial charge is 0.377 e. The minimum atomic E-state index is -0.0606.